The number of nitrogens with zero attached hydrogens (tertiary/aromatic N) is 1. The summed E-state index contributed by atoms with van der Waals surface area (Å²) in [6.45, 7) is 3.91. The van der Waals surface area contributed by atoms with Gasteiger partial charge in [0.15, 0.2) is 0 Å². The van der Waals surface area contributed by atoms with Crippen molar-refractivity contribution in [1.82, 2.24) is 0 Å². The van der Waals surface area contributed by atoms with E-state index in [0.29, 0.717) is 0 Å². The van der Waals surface area contributed by atoms with Crippen LogP contribution in [0, 0.1) is 0 Å². The van der Waals surface area contributed by atoms with E-state index in [1.807, 2.05) is 36.4 Å². The van der Waals surface area contributed by atoms with E-state index in [0.717, 1.165) is 0 Å². The first kappa shape index (κ1) is 12.3. The number of halogens is 1. The summed E-state index contributed by atoms with van der Waals surface area (Å²) >= 11 is 1.89. The molecule has 0 amide bonds. The molecule has 0 aliphatic heterocycles. The van der Waals surface area contributed by atoms with E-state index in [1.54, 1.807) is 12.3 Å². The van der Waals surface area contributed by atoms with Crippen LogP contribution in [-0.4, -0.2) is 23.3 Å². The van der Waals surface area contributed by atoms with Crippen LogP contribution < -0.4 is 0 Å². The van der Waals surface area contributed by atoms with Gasteiger partial charge in [-0.2, -0.15) is 0 Å². The van der Waals surface area contributed by atoms with Crippen LogP contribution in [0.1, 0.15) is 13.8 Å². The molecule has 0 saturated carbocycles. The van der Waals surface area contributed by atoms with Gasteiger partial charge in [-0.3, -0.25) is 4.99 Å². The van der Waals surface area contributed by atoms with Gasteiger partial charge in [-0.15, -0.1) is 0 Å². The summed E-state index contributed by atoms with van der Waals surface area (Å²) in [7, 11) is 0. The fraction of sp³-hybridized carbons (Fsp3) is 0.333. The number of carboxylic acid groups (broad SMARTS) is 1. The highest BCUT2D eigenvalue weighted by atomic mass is 127. The molecule has 0 rings (SSSR count). The Labute approximate surface area is 91.4 Å². The molecule has 72 valence electrons. The number of allylic oxidation sites excluding steroid dienone is 1. The lowest BCUT2D eigenvalue weighted by atomic mass is 10.3. The lowest BCUT2D eigenvalue weighted by molar-refractivity contribution is -0.132. The molecular formula is C9H12INO2. The van der Waals surface area contributed by atoms with E-state index in [2.05, 4.69) is 4.99 Å². The molecule has 1 N–H and O–H groups in total. The lowest BCUT2D eigenvalue weighted by Crippen LogP contribution is -1.96. The normalized spacial score (nSPS) is 13.4. The number of hydrogen-bond donors (Lipinski definition) is 1. The zero-order valence-electron chi connectivity index (χ0n) is 7.57. The Morgan fingerprint density at radius 3 is 2.54 bits per heavy atom. The van der Waals surface area contributed by atoms with Crippen molar-refractivity contribution >= 4 is 34.8 Å². The van der Waals surface area contributed by atoms with Crippen LogP contribution in [0.5, 0.6) is 0 Å². The van der Waals surface area contributed by atoms with Gasteiger partial charge in [-0.05, 0) is 30.1 Å². The minimum Gasteiger partial charge on any atom is -0.478 e. The molecule has 0 saturated heterocycles. The molecule has 0 aromatic carbocycles. The van der Waals surface area contributed by atoms with E-state index in [4.69, 9.17) is 5.11 Å². The predicted molar refractivity (Wildman–Crippen MR) is 62.5 cm³/mol. The number of aliphatic imine (C=N–C) groups is 1. The first-order chi connectivity index (χ1) is 6.07. The minimum absolute atomic E-state index is 0.238. The van der Waals surface area contributed by atoms with Crippen LogP contribution in [-0.2, 0) is 4.79 Å². The van der Waals surface area contributed by atoms with Crippen LogP contribution >= 0.6 is 22.6 Å². The molecule has 4 heteroatoms. The lowest BCUT2D eigenvalue weighted by Gasteiger charge is -1.91. The Bertz CT molecular complexity index is 254. The second-order valence-corrected chi connectivity index (χ2v) is 3.24. The van der Waals surface area contributed by atoms with Gasteiger partial charge in [0.1, 0.15) is 0 Å². The van der Waals surface area contributed by atoms with Gasteiger partial charge in [-0.1, -0.05) is 22.6 Å². The largest absolute Gasteiger partial charge is 0.478 e. The highest BCUT2D eigenvalue weighted by molar-refractivity contribution is 14.1. The van der Waals surface area contributed by atoms with Crippen molar-refractivity contribution in [1.29, 1.82) is 0 Å². The van der Waals surface area contributed by atoms with E-state index in [-0.39, 0.29) is 11.6 Å². The fourth-order valence-electron chi connectivity index (χ4n) is 0.523. The molecule has 0 unspecified atom stereocenters. The molecule has 0 heterocycles. The Balaban J connectivity index is 4.19. The SMILES string of the molecule is CC(C)N=C/C=C\C(=C/I)C(=O)O. The van der Waals surface area contributed by atoms with Crippen molar-refractivity contribution in [2.45, 2.75) is 19.9 Å². The summed E-state index contributed by atoms with van der Waals surface area (Å²) in [5, 5.41) is 8.61. The Morgan fingerprint density at radius 1 is 1.54 bits per heavy atom. The van der Waals surface area contributed by atoms with Gasteiger partial charge in [0.2, 0.25) is 0 Å². The van der Waals surface area contributed by atoms with E-state index in [9.17, 15) is 4.79 Å². The first-order valence-electron chi connectivity index (χ1n) is 3.81. The molecular weight excluding hydrogens is 281 g/mol. The molecule has 0 radical (unpaired) electrons. The smallest absolute Gasteiger partial charge is 0.336 e. The van der Waals surface area contributed by atoms with Gasteiger partial charge in [-0.25, -0.2) is 4.79 Å². The summed E-state index contributed by atoms with van der Waals surface area (Å²) < 4.78 is 1.51. The topological polar surface area (TPSA) is 49.7 Å². The Hall–Kier alpha value is -0.650. The predicted octanol–water partition coefficient (Wildman–Crippen LogP) is 2.43. The molecule has 0 aliphatic carbocycles. The number of carbonyl (C=O) groups is 1. The van der Waals surface area contributed by atoms with E-state index >= 15 is 0 Å². The third kappa shape index (κ3) is 6.51. The van der Waals surface area contributed by atoms with E-state index in [1.165, 1.54) is 10.2 Å². The van der Waals surface area contributed by atoms with Crippen molar-refractivity contribution in [2.24, 2.45) is 4.99 Å². The van der Waals surface area contributed by atoms with Crippen LogP contribution in [0.3, 0.4) is 0 Å². The quantitative estimate of drug-likeness (QED) is 0.374. The van der Waals surface area contributed by atoms with Crippen LogP contribution in [0.2, 0.25) is 0 Å². The van der Waals surface area contributed by atoms with Crippen molar-refractivity contribution in [2.75, 3.05) is 0 Å². The zero-order valence-corrected chi connectivity index (χ0v) is 9.72. The third-order valence-corrected chi connectivity index (χ3v) is 1.78. The summed E-state index contributed by atoms with van der Waals surface area (Å²) in [5.74, 6) is -0.927. The average Bonchev–Trinajstić information content (AvgIpc) is 2.03. The first-order valence-corrected chi connectivity index (χ1v) is 5.06. The molecule has 0 atom stereocenters. The van der Waals surface area contributed by atoms with Crippen LogP contribution in [0.4, 0.5) is 0 Å². The van der Waals surface area contributed by atoms with Gasteiger partial charge < -0.3 is 5.11 Å². The van der Waals surface area contributed by atoms with Gasteiger partial charge in [0.05, 0.1) is 5.57 Å². The molecule has 0 aliphatic rings. The molecule has 0 aromatic rings. The molecule has 0 bridgehead atoms. The highest BCUT2D eigenvalue weighted by Crippen LogP contribution is 2.00. The highest BCUT2D eigenvalue weighted by Gasteiger charge is 1.99. The number of carboxylic acids is 1. The second-order valence-electron chi connectivity index (χ2n) is 2.62. The molecule has 0 aromatic heterocycles. The second kappa shape index (κ2) is 6.82. The van der Waals surface area contributed by atoms with Crippen molar-refractivity contribution in [3.63, 3.8) is 0 Å². The van der Waals surface area contributed by atoms with Crippen LogP contribution in [0.15, 0.2) is 26.8 Å². The zero-order chi connectivity index (χ0) is 10.3. The molecule has 0 fully saturated rings. The minimum atomic E-state index is -0.927. The molecule has 3 nitrogen and oxygen atoms in total. The standard InChI is InChI=1S/C9H12INO2/c1-7(2)11-5-3-4-8(6-10)9(12)13/h3-7H,1-2H3,(H,12,13)/b4-3-,8-6+,11-5?. The summed E-state index contributed by atoms with van der Waals surface area (Å²) in [5.41, 5.74) is 0.260. The fourth-order valence-corrected chi connectivity index (χ4v) is 0.997. The van der Waals surface area contributed by atoms with Gasteiger partial charge in [0.25, 0.3) is 0 Å². The van der Waals surface area contributed by atoms with Crippen molar-refractivity contribution in [3.05, 3.63) is 21.8 Å². The Kier molecular flexibility index (Phi) is 6.48. The monoisotopic (exact) mass is 293 g/mol. The molecule has 0 spiro atoms. The summed E-state index contributed by atoms with van der Waals surface area (Å²) in [4.78, 5) is 14.5. The van der Waals surface area contributed by atoms with Crippen LogP contribution in [0.25, 0.3) is 0 Å². The number of aliphatic carboxylic acids is 1. The van der Waals surface area contributed by atoms with Crippen molar-refractivity contribution < 1.29 is 9.90 Å². The summed E-state index contributed by atoms with van der Waals surface area (Å²) in [6, 6.07) is 0.238. The maximum absolute atomic E-state index is 10.5. The van der Waals surface area contributed by atoms with E-state index < -0.39 is 5.97 Å². The number of rotatable bonds is 4. The Morgan fingerprint density at radius 2 is 2.15 bits per heavy atom. The average molecular weight is 293 g/mol. The van der Waals surface area contributed by atoms with Gasteiger partial charge in [0, 0.05) is 12.3 Å². The maximum Gasteiger partial charge on any atom is 0.336 e. The number of hydrogen-bond acceptors (Lipinski definition) is 2. The third-order valence-electron chi connectivity index (χ3n) is 1.11. The van der Waals surface area contributed by atoms with Gasteiger partial charge >= 0.3 is 5.97 Å². The van der Waals surface area contributed by atoms with Crippen molar-refractivity contribution in [3.8, 4) is 0 Å². The maximum atomic E-state index is 10.5. The summed E-state index contributed by atoms with van der Waals surface area (Å²) in [6.07, 6.45) is 4.74. The molecule has 13 heavy (non-hydrogen) atoms.